The van der Waals surface area contributed by atoms with Gasteiger partial charge in [-0.1, -0.05) is 64.1 Å². The van der Waals surface area contributed by atoms with Crippen molar-refractivity contribution in [3.63, 3.8) is 0 Å². The minimum atomic E-state index is -2.10. The van der Waals surface area contributed by atoms with Gasteiger partial charge in [0, 0.05) is 44.4 Å². The lowest BCUT2D eigenvalue weighted by Crippen LogP contribution is -2.83. The lowest BCUT2D eigenvalue weighted by molar-refractivity contribution is -0.345. The van der Waals surface area contributed by atoms with Gasteiger partial charge in [0.05, 0.1) is 59.2 Å². The van der Waals surface area contributed by atoms with Crippen molar-refractivity contribution in [2.75, 3.05) is 13.2 Å². The number of fused-ring (bicyclic) bond motifs is 8. The van der Waals surface area contributed by atoms with Crippen molar-refractivity contribution < 1.29 is 121 Å². The Morgan fingerprint density at radius 2 is 0.897 bits per heavy atom. The molecule has 25 heteroatoms. The molecule has 2 aromatic carbocycles. The van der Waals surface area contributed by atoms with Crippen LogP contribution in [0.3, 0.4) is 0 Å². The van der Waals surface area contributed by atoms with Crippen LogP contribution < -0.4 is 0 Å². The zero-order valence-corrected chi connectivity index (χ0v) is 49.6. The second-order valence-electron chi connectivity index (χ2n) is 25.9. The van der Waals surface area contributed by atoms with Crippen LogP contribution in [-0.4, -0.2) is 188 Å². The fraction of sp³-hybridized carbons (Fsp3) is 0.597. The van der Waals surface area contributed by atoms with Crippen molar-refractivity contribution in [1.82, 2.24) is 0 Å². The molecule has 4 heterocycles. The van der Waals surface area contributed by atoms with Gasteiger partial charge in [-0.05, 0) is 74.3 Å². The quantitative estimate of drug-likeness (QED) is 0.151. The first kappa shape index (κ1) is 61.5. The number of ketones is 2. The number of esters is 5. The van der Waals surface area contributed by atoms with Crippen LogP contribution in [-0.2, 0) is 76.1 Å². The summed E-state index contributed by atoms with van der Waals surface area (Å²) in [5.74, 6) is -8.52. The molecule has 12 rings (SSSR count). The predicted octanol–water partition coefficient (Wildman–Crippen LogP) is 3.04. The van der Waals surface area contributed by atoms with Crippen molar-refractivity contribution in [2.24, 2.45) is 33.5 Å². The lowest BCUT2D eigenvalue weighted by Gasteiger charge is -2.67. The molecule has 4 saturated carbocycles. The maximum absolute atomic E-state index is 15.0. The highest BCUT2D eigenvalue weighted by atomic mass is 16.8. The maximum atomic E-state index is 15.0. The molecule has 10 aliphatic rings. The van der Waals surface area contributed by atoms with E-state index < -0.39 is 183 Å². The molecule has 468 valence electrons. The normalized spacial score (nSPS) is 42.1. The second-order valence-corrected chi connectivity index (χ2v) is 25.9. The largest absolute Gasteiger partial charge is 0.509 e. The molecular weight excluding hydrogens is 1140 g/mol. The molecule has 87 heavy (non-hydrogen) atoms. The summed E-state index contributed by atoms with van der Waals surface area (Å²) in [4.78, 5) is 121. The van der Waals surface area contributed by atoms with Crippen LogP contribution in [0.2, 0.25) is 0 Å². The fourth-order valence-corrected chi connectivity index (χ4v) is 17.0. The second kappa shape index (κ2) is 20.5. The average Bonchev–Trinajstić information content (AvgIpc) is 1.62. The van der Waals surface area contributed by atoms with Crippen LogP contribution in [0.4, 0.5) is 9.59 Å². The number of rotatable bonds is 7. The molecule has 4 saturated heterocycles. The van der Waals surface area contributed by atoms with Gasteiger partial charge in [0.25, 0.3) is 0 Å². The first-order valence-electron chi connectivity index (χ1n) is 28.7. The first-order chi connectivity index (χ1) is 40.7. The number of aliphatic hydroxyl groups is 5. The van der Waals surface area contributed by atoms with Gasteiger partial charge in [0.15, 0.2) is 53.3 Å². The zero-order chi connectivity index (χ0) is 63.4. The number of hydrogen-bond donors (Lipinski definition) is 5. The summed E-state index contributed by atoms with van der Waals surface area (Å²) in [7, 11) is 0. The molecule has 6 aliphatic carbocycles. The van der Waals surface area contributed by atoms with Crippen molar-refractivity contribution in [3.05, 3.63) is 94.1 Å². The Morgan fingerprint density at radius 3 is 1.26 bits per heavy atom. The van der Waals surface area contributed by atoms with Crippen LogP contribution in [0, 0.1) is 33.5 Å². The molecule has 25 nitrogen and oxygen atoms in total. The predicted molar refractivity (Wildman–Crippen MR) is 289 cm³/mol. The van der Waals surface area contributed by atoms with Gasteiger partial charge in [-0.25, -0.2) is 19.2 Å². The molecule has 0 aromatic heterocycles. The van der Waals surface area contributed by atoms with Gasteiger partial charge in [-0.15, -0.1) is 0 Å². The van der Waals surface area contributed by atoms with Gasteiger partial charge in [0.1, 0.15) is 30.5 Å². The van der Waals surface area contributed by atoms with Gasteiger partial charge in [-0.3, -0.25) is 24.0 Å². The van der Waals surface area contributed by atoms with E-state index in [0.717, 1.165) is 6.92 Å². The van der Waals surface area contributed by atoms with E-state index in [4.69, 9.17) is 52.1 Å². The molecule has 4 aliphatic heterocycles. The summed E-state index contributed by atoms with van der Waals surface area (Å²) in [6.07, 6.45) is -20.5. The van der Waals surface area contributed by atoms with Gasteiger partial charge >= 0.3 is 42.2 Å². The molecule has 0 radical (unpaired) electrons. The minimum Gasteiger partial charge on any atom is -0.454 e. The van der Waals surface area contributed by atoms with Crippen LogP contribution in [0.25, 0.3) is 0 Å². The summed E-state index contributed by atoms with van der Waals surface area (Å²) in [6, 6.07) is 15.9. The molecule has 2 aromatic rings. The molecule has 2 unspecified atom stereocenters. The molecule has 8 fully saturated rings. The summed E-state index contributed by atoms with van der Waals surface area (Å²) >= 11 is 0. The van der Waals surface area contributed by atoms with E-state index in [9.17, 15) is 68.7 Å². The standard InChI is InChI=1S/C32H36O13.C30H34O12/c1-14-20-22(41-15(2)33)24(37)30(6)18(35)12-19-31(13-40-19,44-16(3)34)23(30)26(42-27(38)17-10-8-7-9-11-17)32(29(20,4)5)25(21(14)36)43-28(39)45-32;1-13-18-20(34)22(35)28(5)16(32)11-17-29(12-38-17,41-14(2)31)21(28)24(39-25(36)15-9-7-6-8-10-15)30(27(18,3)4)23(19(13)33)40-26(37)42-30/h7-11,18-19,21-23,25-26,35-36H,12-13H2,1-6H3;6-10,16-17,19-21,23-24,32-34H,11-12H2,1-5H3/t18-,19?,21+,22+,23-,25-,26-,30+,31-,32+;16-,17?,19+,20+,21-,23-,24-,28+,29-,30+/m00/s1. The van der Waals surface area contributed by atoms with Gasteiger partial charge in [0.2, 0.25) is 11.2 Å². The first-order valence-corrected chi connectivity index (χ1v) is 28.7. The highest BCUT2D eigenvalue weighted by Crippen LogP contribution is 2.69. The summed E-state index contributed by atoms with van der Waals surface area (Å²) in [6.45, 7) is 15.3. The van der Waals surface area contributed by atoms with Crippen molar-refractivity contribution in [3.8, 4) is 0 Å². The number of hydrogen-bond acceptors (Lipinski definition) is 25. The molecule has 0 amide bonds. The third-order valence-corrected chi connectivity index (χ3v) is 21.1. The van der Waals surface area contributed by atoms with Gasteiger partial charge in [-0.2, -0.15) is 0 Å². The van der Waals surface area contributed by atoms with E-state index in [-0.39, 0.29) is 59.5 Å². The number of carbonyl (C=O) groups excluding carboxylic acids is 9. The smallest absolute Gasteiger partial charge is 0.454 e. The van der Waals surface area contributed by atoms with E-state index in [1.807, 2.05) is 0 Å². The van der Waals surface area contributed by atoms with Crippen LogP contribution in [0.15, 0.2) is 83.0 Å². The third kappa shape index (κ3) is 8.17. The molecule has 2 spiro atoms. The van der Waals surface area contributed by atoms with Crippen molar-refractivity contribution >= 4 is 53.7 Å². The maximum Gasteiger partial charge on any atom is 0.509 e. The van der Waals surface area contributed by atoms with E-state index >= 15 is 0 Å². The van der Waals surface area contributed by atoms with E-state index in [2.05, 4.69) is 0 Å². The zero-order valence-electron chi connectivity index (χ0n) is 49.6. The fourth-order valence-electron chi connectivity index (χ4n) is 17.0. The Labute approximate surface area is 498 Å². The third-order valence-electron chi connectivity index (χ3n) is 21.1. The Bertz CT molecular complexity index is 3350. The lowest BCUT2D eigenvalue weighted by atomic mass is 9.44. The number of Topliss-reactive ketones (excluding diaryl/α,β-unsaturated/α-hetero) is 2. The SMILES string of the molecule is CC(=O)O[C@@]12COC1C[C@H](O)[C@@]1(C)C(=O)[C@H](O)C3=C(C)[C@@H](O)[C@@H]4OC(=O)O[C@]4([C@@H](OC(=O)c4ccccc4)[C@@H]12)C3(C)C.CC(=O)O[C@H]1C(=O)[C@]2(C)[C@@H](O)CC3OC[C@@]3(OC(C)=O)[C@H]2[C@H](OC(=O)c2ccccc2)[C@]23OC(=O)O[C@H]2[C@H](O)C(C)=C1C3(C)C. The summed E-state index contributed by atoms with van der Waals surface area (Å²) in [5.41, 5.74) is -13.6. The monoisotopic (exact) mass is 1210 g/mol. The number of benzene rings is 2. The summed E-state index contributed by atoms with van der Waals surface area (Å²) < 4.78 is 65.0. The Morgan fingerprint density at radius 1 is 0.517 bits per heavy atom. The number of ether oxygens (including phenoxy) is 11. The van der Waals surface area contributed by atoms with Crippen LogP contribution in [0.1, 0.15) is 110 Å². The Hall–Kier alpha value is -7.13. The van der Waals surface area contributed by atoms with E-state index in [1.165, 1.54) is 65.8 Å². The summed E-state index contributed by atoms with van der Waals surface area (Å²) in [5, 5.41) is 58.4. The Balaban J connectivity index is 0.000000181. The van der Waals surface area contributed by atoms with Gasteiger partial charge < -0.3 is 77.6 Å². The molecule has 20 atom stereocenters. The molecule has 5 N–H and O–H groups in total. The highest BCUT2D eigenvalue weighted by molar-refractivity contribution is 5.97. The minimum absolute atomic E-state index is 0.0516. The molecular formula is C62H70O25. The van der Waals surface area contributed by atoms with Crippen LogP contribution in [0.5, 0.6) is 0 Å². The van der Waals surface area contributed by atoms with Crippen molar-refractivity contribution in [1.29, 1.82) is 0 Å². The van der Waals surface area contributed by atoms with Crippen molar-refractivity contribution in [2.45, 2.75) is 185 Å². The van der Waals surface area contributed by atoms with E-state index in [0.29, 0.717) is 0 Å². The topological polar surface area (TPSA) is 356 Å². The average molecular weight is 1220 g/mol. The highest BCUT2D eigenvalue weighted by Gasteiger charge is 2.85. The van der Waals surface area contributed by atoms with E-state index in [1.54, 1.807) is 64.1 Å². The van der Waals surface area contributed by atoms with Crippen LogP contribution >= 0.6 is 0 Å². The number of aliphatic hydroxyl groups excluding tert-OH is 5. The number of carbonyl (C=O) groups is 9. The Kier molecular flexibility index (Phi) is 14.5. The molecule has 4 bridgehead atoms.